The second-order valence-corrected chi connectivity index (χ2v) is 8.43. The van der Waals surface area contributed by atoms with Crippen molar-refractivity contribution in [1.29, 1.82) is 0 Å². The first-order chi connectivity index (χ1) is 13.6. The first-order valence-electron chi connectivity index (χ1n) is 8.91. The monoisotopic (exact) mass is 422 g/mol. The SMILES string of the molecule is CCc1cccc(C)c1NC(=O)COC(=O)CN(C)S(=O)(=O)c1ccc(F)cc1. The van der Waals surface area contributed by atoms with E-state index in [9.17, 15) is 22.4 Å². The lowest BCUT2D eigenvalue weighted by atomic mass is 10.1. The standard InChI is InChI=1S/C20H23FN2O5S/c1-4-15-7-5-6-14(2)20(15)22-18(24)13-28-19(25)12-23(3)29(26,27)17-10-8-16(21)9-11-17/h5-11H,4,12-13H2,1-3H3,(H,22,24). The average Bonchev–Trinajstić information content (AvgIpc) is 2.68. The van der Waals surface area contributed by atoms with Gasteiger partial charge in [-0.3, -0.25) is 9.59 Å². The molecule has 0 saturated carbocycles. The van der Waals surface area contributed by atoms with Gasteiger partial charge >= 0.3 is 5.97 Å². The summed E-state index contributed by atoms with van der Waals surface area (Å²) in [4.78, 5) is 23.9. The van der Waals surface area contributed by atoms with E-state index in [0.717, 1.165) is 46.1 Å². The lowest BCUT2D eigenvalue weighted by molar-refractivity contribution is -0.147. The van der Waals surface area contributed by atoms with Crippen molar-refractivity contribution >= 4 is 27.6 Å². The maximum absolute atomic E-state index is 13.0. The summed E-state index contributed by atoms with van der Waals surface area (Å²) in [6.45, 7) is 2.69. The van der Waals surface area contributed by atoms with Gasteiger partial charge in [0.1, 0.15) is 12.4 Å². The van der Waals surface area contributed by atoms with Gasteiger partial charge in [-0.25, -0.2) is 12.8 Å². The molecule has 0 spiro atoms. The summed E-state index contributed by atoms with van der Waals surface area (Å²) in [5.41, 5.74) is 2.51. The van der Waals surface area contributed by atoms with Gasteiger partial charge in [0.15, 0.2) is 6.61 Å². The van der Waals surface area contributed by atoms with Crippen LogP contribution in [0.2, 0.25) is 0 Å². The van der Waals surface area contributed by atoms with E-state index >= 15 is 0 Å². The van der Waals surface area contributed by atoms with Crippen LogP contribution in [0.4, 0.5) is 10.1 Å². The van der Waals surface area contributed by atoms with Crippen molar-refractivity contribution in [2.75, 3.05) is 25.5 Å². The molecule has 0 atom stereocenters. The van der Waals surface area contributed by atoms with Gasteiger partial charge in [-0.15, -0.1) is 0 Å². The molecule has 0 unspecified atom stereocenters. The van der Waals surface area contributed by atoms with Gasteiger partial charge in [-0.1, -0.05) is 25.1 Å². The molecule has 29 heavy (non-hydrogen) atoms. The minimum Gasteiger partial charge on any atom is -0.455 e. The topological polar surface area (TPSA) is 92.8 Å². The number of carbonyl (C=O) groups excluding carboxylic acids is 2. The Balaban J connectivity index is 1.92. The number of para-hydroxylation sites is 1. The van der Waals surface area contributed by atoms with Gasteiger partial charge in [-0.2, -0.15) is 4.31 Å². The molecule has 0 aromatic heterocycles. The first-order valence-corrected chi connectivity index (χ1v) is 10.3. The van der Waals surface area contributed by atoms with Crippen molar-refractivity contribution in [3.8, 4) is 0 Å². The predicted octanol–water partition coefficient (Wildman–Crippen LogP) is 2.50. The van der Waals surface area contributed by atoms with Crippen molar-refractivity contribution in [1.82, 2.24) is 4.31 Å². The molecule has 0 radical (unpaired) electrons. The summed E-state index contributed by atoms with van der Waals surface area (Å²) in [6, 6.07) is 9.88. The van der Waals surface area contributed by atoms with Crippen LogP contribution >= 0.6 is 0 Å². The van der Waals surface area contributed by atoms with E-state index in [1.54, 1.807) is 0 Å². The maximum atomic E-state index is 13.0. The zero-order valence-corrected chi connectivity index (χ0v) is 17.3. The Bertz CT molecular complexity index is 990. The highest BCUT2D eigenvalue weighted by Crippen LogP contribution is 2.21. The van der Waals surface area contributed by atoms with E-state index < -0.39 is 40.9 Å². The smallest absolute Gasteiger partial charge is 0.321 e. The number of amides is 1. The Morgan fingerprint density at radius 2 is 1.79 bits per heavy atom. The molecule has 0 aliphatic rings. The lowest BCUT2D eigenvalue weighted by Gasteiger charge is -2.17. The largest absolute Gasteiger partial charge is 0.455 e. The van der Waals surface area contributed by atoms with E-state index in [-0.39, 0.29) is 4.90 Å². The first kappa shape index (κ1) is 22.5. The number of benzene rings is 2. The number of ether oxygens (including phenoxy) is 1. The molecule has 0 bridgehead atoms. The Kier molecular flexibility index (Phi) is 7.46. The number of halogens is 1. The van der Waals surface area contributed by atoms with Crippen molar-refractivity contribution in [2.45, 2.75) is 25.2 Å². The van der Waals surface area contributed by atoms with E-state index in [4.69, 9.17) is 4.74 Å². The number of rotatable bonds is 8. The van der Waals surface area contributed by atoms with Crippen LogP contribution in [0.15, 0.2) is 47.4 Å². The third-order valence-corrected chi connectivity index (χ3v) is 6.06. The molecule has 1 N–H and O–H groups in total. The number of sulfonamides is 1. The van der Waals surface area contributed by atoms with E-state index in [2.05, 4.69) is 5.32 Å². The van der Waals surface area contributed by atoms with Crippen LogP contribution < -0.4 is 5.32 Å². The number of esters is 1. The fourth-order valence-electron chi connectivity index (χ4n) is 2.62. The van der Waals surface area contributed by atoms with Gasteiger partial charge in [0.2, 0.25) is 10.0 Å². The van der Waals surface area contributed by atoms with Crippen LogP contribution in [0, 0.1) is 12.7 Å². The predicted molar refractivity (Wildman–Crippen MR) is 106 cm³/mol. The minimum atomic E-state index is -3.99. The Labute approximate surface area is 169 Å². The molecule has 0 heterocycles. The summed E-state index contributed by atoms with van der Waals surface area (Å²) >= 11 is 0. The van der Waals surface area contributed by atoms with Gasteiger partial charge in [-0.05, 0) is 48.7 Å². The van der Waals surface area contributed by atoms with Gasteiger partial charge in [0, 0.05) is 12.7 Å². The Morgan fingerprint density at radius 3 is 2.41 bits per heavy atom. The van der Waals surface area contributed by atoms with E-state index in [0.29, 0.717) is 5.69 Å². The van der Waals surface area contributed by atoms with Crippen LogP contribution in [-0.4, -0.2) is 44.8 Å². The Morgan fingerprint density at radius 1 is 1.14 bits per heavy atom. The summed E-state index contributed by atoms with van der Waals surface area (Å²) in [5.74, 6) is -1.97. The minimum absolute atomic E-state index is 0.154. The van der Waals surface area contributed by atoms with E-state index in [1.165, 1.54) is 7.05 Å². The highest BCUT2D eigenvalue weighted by molar-refractivity contribution is 7.89. The van der Waals surface area contributed by atoms with Crippen LogP contribution in [-0.2, 0) is 30.8 Å². The average molecular weight is 422 g/mol. The van der Waals surface area contributed by atoms with Crippen LogP contribution in [0.5, 0.6) is 0 Å². The fourth-order valence-corrected chi connectivity index (χ4v) is 3.74. The van der Waals surface area contributed by atoms with Crippen LogP contribution in [0.3, 0.4) is 0 Å². The summed E-state index contributed by atoms with van der Waals surface area (Å²) in [7, 11) is -2.79. The summed E-state index contributed by atoms with van der Waals surface area (Å²) < 4.78 is 43.4. The van der Waals surface area contributed by atoms with Gasteiger partial charge in [0.05, 0.1) is 4.90 Å². The molecule has 0 saturated heterocycles. The number of carbonyl (C=O) groups is 2. The number of aryl methyl sites for hydroxylation is 2. The van der Waals surface area contributed by atoms with E-state index in [1.807, 2.05) is 32.0 Å². The van der Waals surface area contributed by atoms with Crippen molar-refractivity contribution in [2.24, 2.45) is 0 Å². The number of likely N-dealkylation sites (N-methyl/N-ethyl adjacent to an activating group) is 1. The van der Waals surface area contributed by atoms with Gasteiger partial charge < -0.3 is 10.1 Å². The number of anilines is 1. The number of hydrogen-bond donors (Lipinski definition) is 1. The third-order valence-electron chi connectivity index (χ3n) is 4.24. The molecule has 9 heteroatoms. The summed E-state index contributed by atoms with van der Waals surface area (Å²) in [5, 5.41) is 2.72. The molecule has 156 valence electrons. The van der Waals surface area contributed by atoms with Crippen LogP contribution in [0.1, 0.15) is 18.1 Å². The molecule has 1 amide bonds. The number of nitrogens with zero attached hydrogens (tertiary/aromatic N) is 1. The number of hydrogen-bond acceptors (Lipinski definition) is 5. The maximum Gasteiger partial charge on any atom is 0.321 e. The number of nitrogens with one attached hydrogen (secondary N) is 1. The molecule has 7 nitrogen and oxygen atoms in total. The van der Waals surface area contributed by atoms with Crippen molar-refractivity contribution in [3.05, 3.63) is 59.4 Å². The van der Waals surface area contributed by atoms with Gasteiger partial charge in [0.25, 0.3) is 5.91 Å². The Hall–Kier alpha value is -2.78. The summed E-state index contributed by atoms with van der Waals surface area (Å²) in [6.07, 6.45) is 0.725. The quantitative estimate of drug-likeness (QED) is 0.660. The fraction of sp³-hybridized carbons (Fsp3) is 0.300. The molecule has 0 aliphatic heterocycles. The van der Waals surface area contributed by atoms with Crippen molar-refractivity contribution < 1.29 is 27.1 Å². The molecule has 0 fully saturated rings. The zero-order valence-electron chi connectivity index (χ0n) is 16.4. The molecular weight excluding hydrogens is 399 g/mol. The second kappa shape index (κ2) is 9.62. The highest BCUT2D eigenvalue weighted by atomic mass is 32.2. The molecule has 2 aromatic rings. The molecule has 2 aromatic carbocycles. The normalized spacial score (nSPS) is 11.3. The third kappa shape index (κ3) is 5.85. The second-order valence-electron chi connectivity index (χ2n) is 6.39. The molecular formula is C20H23FN2O5S. The van der Waals surface area contributed by atoms with Crippen LogP contribution in [0.25, 0.3) is 0 Å². The molecule has 2 rings (SSSR count). The zero-order chi connectivity index (χ0) is 21.6. The van der Waals surface area contributed by atoms with Crippen molar-refractivity contribution in [3.63, 3.8) is 0 Å². The highest BCUT2D eigenvalue weighted by Gasteiger charge is 2.24. The molecule has 0 aliphatic carbocycles. The lowest BCUT2D eigenvalue weighted by Crippen LogP contribution is -2.34.